The first-order valence-electron chi connectivity index (χ1n) is 12.5. The molecule has 3 aromatic rings. The first-order valence-corrected chi connectivity index (χ1v) is 12.9. The van der Waals surface area contributed by atoms with Crippen molar-refractivity contribution in [2.24, 2.45) is 5.73 Å². The zero-order chi connectivity index (χ0) is 24.9. The summed E-state index contributed by atoms with van der Waals surface area (Å²) in [6, 6.07) is 9.69. The Hall–Kier alpha value is -2.92. The van der Waals surface area contributed by atoms with Gasteiger partial charge in [-0.3, -0.25) is 9.88 Å². The van der Waals surface area contributed by atoms with Crippen molar-refractivity contribution in [3.63, 3.8) is 0 Å². The Balaban J connectivity index is 1.23. The van der Waals surface area contributed by atoms with Gasteiger partial charge in [0.15, 0.2) is 5.82 Å². The molecule has 2 fully saturated rings. The Bertz CT molecular complexity index is 1160. The number of morpholine rings is 1. The number of benzene rings is 1. The van der Waals surface area contributed by atoms with Crippen molar-refractivity contribution in [1.29, 1.82) is 0 Å². The SMILES string of the molecule is NCCCNC(=O)N1CCN(CC2CN(c3nn(-c4ccc(Cl)cc4)c4cnccc34)CCO2)CC1. The second-order valence-electron chi connectivity index (χ2n) is 9.21. The molecule has 10 nitrogen and oxygen atoms in total. The van der Waals surface area contributed by atoms with Crippen LogP contribution in [0.25, 0.3) is 16.6 Å². The van der Waals surface area contributed by atoms with Gasteiger partial charge in [0.05, 0.1) is 30.1 Å². The van der Waals surface area contributed by atoms with E-state index in [2.05, 4.69) is 20.1 Å². The number of pyridine rings is 1. The fraction of sp³-hybridized carbons (Fsp3) is 0.480. The lowest BCUT2D eigenvalue weighted by atomic mass is 10.2. The number of nitrogens with zero attached hydrogens (tertiary/aromatic N) is 6. The highest BCUT2D eigenvalue weighted by atomic mass is 35.5. The van der Waals surface area contributed by atoms with E-state index in [1.165, 1.54) is 0 Å². The van der Waals surface area contributed by atoms with Gasteiger partial charge in [0.2, 0.25) is 0 Å². The molecule has 1 aromatic carbocycles. The minimum atomic E-state index is 0.000771. The van der Waals surface area contributed by atoms with E-state index in [0.29, 0.717) is 37.8 Å². The van der Waals surface area contributed by atoms with Crippen LogP contribution in [0, 0.1) is 0 Å². The Morgan fingerprint density at radius 3 is 2.72 bits per heavy atom. The molecule has 1 unspecified atom stereocenters. The minimum absolute atomic E-state index is 0.000771. The van der Waals surface area contributed by atoms with Gasteiger partial charge in [-0.25, -0.2) is 9.48 Å². The zero-order valence-electron chi connectivity index (χ0n) is 20.4. The molecule has 2 aliphatic rings. The van der Waals surface area contributed by atoms with Crippen LogP contribution in [-0.4, -0.2) is 102 Å². The zero-order valence-corrected chi connectivity index (χ0v) is 21.1. The van der Waals surface area contributed by atoms with Crippen molar-refractivity contribution >= 4 is 34.4 Å². The van der Waals surface area contributed by atoms with Crippen LogP contribution in [0.1, 0.15) is 6.42 Å². The smallest absolute Gasteiger partial charge is 0.317 e. The Labute approximate surface area is 215 Å². The Kier molecular flexibility index (Phi) is 7.86. The van der Waals surface area contributed by atoms with E-state index in [-0.39, 0.29) is 12.1 Å². The van der Waals surface area contributed by atoms with Crippen LogP contribution in [0.4, 0.5) is 10.6 Å². The van der Waals surface area contributed by atoms with Crippen molar-refractivity contribution in [3.8, 4) is 5.69 Å². The number of nitrogens with one attached hydrogen (secondary N) is 1. The molecule has 0 bridgehead atoms. The number of fused-ring (bicyclic) bond motifs is 1. The van der Waals surface area contributed by atoms with Gasteiger partial charge in [-0.2, -0.15) is 0 Å². The monoisotopic (exact) mass is 512 g/mol. The predicted molar refractivity (Wildman–Crippen MR) is 141 cm³/mol. The molecule has 0 radical (unpaired) electrons. The maximum Gasteiger partial charge on any atom is 0.317 e. The molecule has 2 amide bonds. The van der Waals surface area contributed by atoms with Gasteiger partial charge in [0.25, 0.3) is 0 Å². The second-order valence-corrected chi connectivity index (χ2v) is 9.64. The summed E-state index contributed by atoms with van der Waals surface area (Å²) < 4.78 is 8.07. The van der Waals surface area contributed by atoms with Crippen LogP contribution in [0.5, 0.6) is 0 Å². The standard InChI is InChI=1S/C25H33ClN8O2/c26-19-2-4-20(5-3-19)34-23-16-28-9-6-22(23)24(30-34)33-14-15-36-21(18-33)17-31-10-12-32(13-11-31)25(35)29-8-1-7-27/h2-6,9,16,21H,1,7-8,10-15,17-18,27H2,(H,29,35). The van der Waals surface area contributed by atoms with Crippen LogP contribution in [0.15, 0.2) is 42.7 Å². The number of rotatable bonds is 7. The second kappa shape index (κ2) is 11.4. The third kappa shape index (κ3) is 5.57. The molecule has 0 aliphatic carbocycles. The molecule has 11 heteroatoms. The quantitative estimate of drug-likeness (QED) is 0.466. The van der Waals surface area contributed by atoms with Gasteiger partial charge in [0, 0.05) is 69.0 Å². The van der Waals surface area contributed by atoms with Crippen LogP contribution in [0.2, 0.25) is 5.02 Å². The largest absolute Gasteiger partial charge is 0.373 e. The lowest BCUT2D eigenvalue weighted by Crippen LogP contribution is -2.55. The van der Waals surface area contributed by atoms with Crippen LogP contribution in [-0.2, 0) is 4.74 Å². The van der Waals surface area contributed by atoms with Gasteiger partial charge in [0.1, 0.15) is 0 Å². The summed E-state index contributed by atoms with van der Waals surface area (Å²) in [5.41, 5.74) is 7.41. The van der Waals surface area contributed by atoms with E-state index < -0.39 is 0 Å². The number of piperazine rings is 1. The molecule has 3 N–H and O–H groups in total. The molecule has 192 valence electrons. The first kappa shape index (κ1) is 24.8. The summed E-state index contributed by atoms with van der Waals surface area (Å²) in [6.45, 7) is 7.33. The van der Waals surface area contributed by atoms with Crippen molar-refractivity contribution in [1.82, 2.24) is 29.9 Å². The van der Waals surface area contributed by atoms with Crippen LogP contribution in [0.3, 0.4) is 0 Å². The topological polar surface area (TPSA) is 105 Å². The van der Waals surface area contributed by atoms with Gasteiger partial charge in [-0.15, -0.1) is 5.10 Å². The number of anilines is 1. The van der Waals surface area contributed by atoms with Crippen molar-refractivity contribution < 1.29 is 9.53 Å². The van der Waals surface area contributed by atoms with E-state index in [4.69, 9.17) is 27.2 Å². The molecule has 0 spiro atoms. The van der Waals surface area contributed by atoms with Crippen LogP contribution < -0.4 is 16.0 Å². The van der Waals surface area contributed by atoms with E-state index in [1.54, 1.807) is 0 Å². The summed E-state index contributed by atoms with van der Waals surface area (Å²) in [5.74, 6) is 0.939. The molecule has 2 aromatic heterocycles. The molecule has 5 rings (SSSR count). The summed E-state index contributed by atoms with van der Waals surface area (Å²) in [7, 11) is 0. The normalized spacial score (nSPS) is 19.1. The number of ether oxygens (including phenoxy) is 1. The van der Waals surface area contributed by atoms with E-state index in [1.807, 2.05) is 52.3 Å². The minimum Gasteiger partial charge on any atom is -0.373 e. The Morgan fingerprint density at radius 1 is 1.14 bits per heavy atom. The molecule has 4 heterocycles. The fourth-order valence-corrected chi connectivity index (χ4v) is 4.94. The number of hydrogen-bond acceptors (Lipinski definition) is 7. The summed E-state index contributed by atoms with van der Waals surface area (Å²) in [4.78, 5) is 23.2. The van der Waals surface area contributed by atoms with Crippen molar-refractivity contribution in [2.45, 2.75) is 12.5 Å². The van der Waals surface area contributed by atoms with Crippen LogP contribution >= 0.6 is 11.6 Å². The molecule has 0 saturated carbocycles. The third-order valence-corrected chi connectivity index (χ3v) is 7.00. The average molecular weight is 513 g/mol. The lowest BCUT2D eigenvalue weighted by molar-refractivity contribution is 0.00761. The van der Waals surface area contributed by atoms with Crippen molar-refractivity contribution in [3.05, 3.63) is 47.7 Å². The molecular formula is C25H33ClN8O2. The number of halogens is 1. The van der Waals surface area contributed by atoms with E-state index in [0.717, 1.165) is 61.6 Å². The summed E-state index contributed by atoms with van der Waals surface area (Å²) in [6.07, 6.45) is 4.53. The number of nitrogens with two attached hydrogens (primary N) is 1. The highest BCUT2D eigenvalue weighted by molar-refractivity contribution is 6.30. The van der Waals surface area contributed by atoms with Gasteiger partial charge < -0.3 is 25.6 Å². The average Bonchev–Trinajstić information content (AvgIpc) is 3.30. The van der Waals surface area contributed by atoms with Gasteiger partial charge in [-0.05, 0) is 43.3 Å². The number of carbonyl (C=O) groups is 1. The van der Waals surface area contributed by atoms with Crippen molar-refractivity contribution in [2.75, 3.05) is 70.4 Å². The molecular weight excluding hydrogens is 480 g/mol. The summed E-state index contributed by atoms with van der Waals surface area (Å²) >= 11 is 6.09. The van der Waals surface area contributed by atoms with E-state index >= 15 is 0 Å². The highest BCUT2D eigenvalue weighted by Gasteiger charge is 2.28. The maximum atomic E-state index is 12.3. The number of aromatic nitrogens is 3. The molecule has 2 aliphatic heterocycles. The molecule has 1 atom stereocenters. The summed E-state index contributed by atoms with van der Waals surface area (Å²) in [5, 5.41) is 9.68. The van der Waals surface area contributed by atoms with E-state index in [9.17, 15) is 4.79 Å². The fourth-order valence-electron chi connectivity index (χ4n) is 4.81. The number of carbonyl (C=O) groups excluding carboxylic acids is 1. The first-order chi connectivity index (χ1) is 17.6. The number of hydrogen-bond donors (Lipinski definition) is 2. The lowest BCUT2D eigenvalue weighted by Gasteiger charge is -2.39. The highest BCUT2D eigenvalue weighted by Crippen LogP contribution is 2.29. The van der Waals surface area contributed by atoms with Gasteiger partial charge >= 0.3 is 6.03 Å². The maximum absolute atomic E-state index is 12.3. The molecule has 36 heavy (non-hydrogen) atoms. The number of amides is 2. The molecule has 2 saturated heterocycles. The van der Waals surface area contributed by atoms with Gasteiger partial charge in [-0.1, -0.05) is 11.6 Å². The third-order valence-electron chi connectivity index (χ3n) is 6.75. The predicted octanol–water partition coefficient (Wildman–Crippen LogP) is 1.96. The Morgan fingerprint density at radius 2 is 1.94 bits per heavy atom. The number of urea groups is 1.